The Morgan fingerprint density at radius 3 is 2.87 bits per heavy atom. The highest BCUT2D eigenvalue weighted by molar-refractivity contribution is 9.10. The lowest BCUT2D eigenvalue weighted by Crippen LogP contribution is -2.11. The van der Waals surface area contributed by atoms with E-state index in [1.165, 1.54) is 0 Å². The Hall–Kier alpha value is -0.350. The predicted molar refractivity (Wildman–Crippen MR) is 64.7 cm³/mol. The molecule has 0 aliphatic heterocycles. The van der Waals surface area contributed by atoms with E-state index in [2.05, 4.69) is 41.8 Å². The smallest absolute Gasteiger partial charge is 0.0896 e. The van der Waals surface area contributed by atoms with Crippen LogP contribution in [0.2, 0.25) is 0 Å². The summed E-state index contributed by atoms with van der Waals surface area (Å²) in [5.74, 6) is 0.599. The van der Waals surface area contributed by atoms with E-state index in [1.54, 1.807) is 0 Å². The highest BCUT2D eigenvalue weighted by Crippen LogP contribution is 2.18. The van der Waals surface area contributed by atoms with Crippen molar-refractivity contribution in [2.45, 2.75) is 40.3 Å². The van der Waals surface area contributed by atoms with Gasteiger partial charge in [-0.2, -0.15) is 5.10 Å². The van der Waals surface area contributed by atoms with Crippen LogP contribution in [-0.2, 0) is 17.9 Å². The standard InChI is InChI=1S/C11H19BrN2O/c1-4-5-15-8-11-10(12)6-13-14(11)7-9(2)3/h6,9H,4-5,7-8H2,1-3H3. The number of hydrogen-bond donors (Lipinski definition) is 0. The maximum absolute atomic E-state index is 5.54. The van der Waals surface area contributed by atoms with Gasteiger partial charge in [0.05, 0.1) is 23.0 Å². The molecule has 1 aromatic heterocycles. The van der Waals surface area contributed by atoms with Crippen molar-refractivity contribution in [3.63, 3.8) is 0 Å². The zero-order chi connectivity index (χ0) is 11.3. The normalized spacial score (nSPS) is 11.3. The number of nitrogens with zero attached hydrogens (tertiary/aromatic N) is 2. The number of ether oxygens (including phenoxy) is 1. The lowest BCUT2D eigenvalue weighted by Gasteiger charge is -2.10. The molecule has 3 nitrogen and oxygen atoms in total. The van der Waals surface area contributed by atoms with E-state index in [4.69, 9.17) is 4.74 Å². The van der Waals surface area contributed by atoms with Gasteiger partial charge in [0.15, 0.2) is 0 Å². The van der Waals surface area contributed by atoms with E-state index in [0.29, 0.717) is 12.5 Å². The fourth-order valence-corrected chi connectivity index (χ4v) is 1.76. The molecule has 0 N–H and O–H groups in total. The Morgan fingerprint density at radius 2 is 2.27 bits per heavy atom. The minimum Gasteiger partial charge on any atom is -0.375 e. The van der Waals surface area contributed by atoms with Crippen LogP contribution in [-0.4, -0.2) is 16.4 Å². The largest absolute Gasteiger partial charge is 0.375 e. The van der Waals surface area contributed by atoms with E-state index in [9.17, 15) is 0 Å². The molecule has 1 rings (SSSR count). The zero-order valence-electron chi connectivity index (χ0n) is 9.66. The summed E-state index contributed by atoms with van der Waals surface area (Å²) in [6.07, 6.45) is 2.89. The van der Waals surface area contributed by atoms with Crippen LogP contribution in [0.25, 0.3) is 0 Å². The summed E-state index contributed by atoms with van der Waals surface area (Å²) in [6, 6.07) is 0. The van der Waals surface area contributed by atoms with Gasteiger partial charge in [-0.3, -0.25) is 4.68 Å². The summed E-state index contributed by atoms with van der Waals surface area (Å²) >= 11 is 3.50. The second-order valence-corrected chi connectivity index (χ2v) is 4.92. The predicted octanol–water partition coefficient (Wildman–Crippen LogP) is 3.23. The van der Waals surface area contributed by atoms with Crippen molar-refractivity contribution in [3.05, 3.63) is 16.4 Å². The Bertz CT molecular complexity index is 297. The summed E-state index contributed by atoms with van der Waals surface area (Å²) in [6.45, 7) is 8.87. The summed E-state index contributed by atoms with van der Waals surface area (Å²) in [5.41, 5.74) is 1.14. The number of aromatic nitrogens is 2. The maximum atomic E-state index is 5.54. The average molecular weight is 275 g/mol. The van der Waals surface area contributed by atoms with Gasteiger partial charge in [0.2, 0.25) is 0 Å². The third kappa shape index (κ3) is 3.95. The van der Waals surface area contributed by atoms with Gasteiger partial charge in [-0.25, -0.2) is 0 Å². The van der Waals surface area contributed by atoms with Gasteiger partial charge in [-0.15, -0.1) is 0 Å². The third-order valence-electron chi connectivity index (χ3n) is 2.02. The molecule has 0 bridgehead atoms. The van der Waals surface area contributed by atoms with Gasteiger partial charge < -0.3 is 4.74 Å². The molecule has 4 heteroatoms. The summed E-state index contributed by atoms with van der Waals surface area (Å²) in [7, 11) is 0. The van der Waals surface area contributed by atoms with Gasteiger partial charge in [0.1, 0.15) is 0 Å². The summed E-state index contributed by atoms with van der Waals surface area (Å²) < 4.78 is 8.60. The Labute approximate surface area is 99.9 Å². The lowest BCUT2D eigenvalue weighted by atomic mass is 10.2. The van der Waals surface area contributed by atoms with Crippen molar-refractivity contribution in [3.8, 4) is 0 Å². The highest BCUT2D eigenvalue weighted by Gasteiger charge is 2.09. The van der Waals surface area contributed by atoms with E-state index in [1.807, 2.05) is 10.9 Å². The van der Waals surface area contributed by atoms with Crippen LogP contribution in [0, 0.1) is 5.92 Å². The van der Waals surface area contributed by atoms with Crippen LogP contribution < -0.4 is 0 Å². The molecule has 86 valence electrons. The third-order valence-corrected chi connectivity index (χ3v) is 2.69. The van der Waals surface area contributed by atoms with Gasteiger partial charge >= 0.3 is 0 Å². The molecule has 0 fully saturated rings. The molecule has 1 heterocycles. The lowest BCUT2D eigenvalue weighted by molar-refractivity contribution is 0.114. The average Bonchev–Trinajstić information content (AvgIpc) is 2.49. The maximum Gasteiger partial charge on any atom is 0.0896 e. The topological polar surface area (TPSA) is 27.1 Å². The summed E-state index contributed by atoms with van der Waals surface area (Å²) in [4.78, 5) is 0. The van der Waals surface area contributed by atoms with E-state index in [-0.39, 0.29) is 0 Å². The molecule has 0 unspecified atom stereocenters. The molecule has 0 aliphatic carbocycles. The molecule has 0 radical (unpaired) electrons. The number of hydrogen-bond acceptors (Lipinski definition) is 2. The van der Waals surface area contributed by atoms with Crippen LogP contribution in [0.1, 0.15) is 32.9 Å². The van der Waals surface area contributed by atoms with Crippen molar-refractivity contribution in [1.29, 1.82) is 0 Å². The molecular formula is C11H19BrN2O. The van der Waals surface area contributed by atoms with Gasteiger partial charge in [0.25, 0.3) is 0 Å². The molecule has 15 heavy (non-hydrogen) atoms. The Morgan fingerprint density at radius 1 is 1.53 bits per heavy atom. The van der Waals surface area contributed by atoms with E-state index >= 15 is 0 Å². The van der Waals surface area contributed by atoms with Crippen molar-refractivity contribution in [1.82, 2.24) is 9.78 Å². The molecule has 0 saturated heterocycles. The molecule has 0 amide bonds. The fraction of sp³-hybridized carbons (Fsp3) is 0.727. The first kappa shape index (κ1) is 12.7. The molecule has 0 aromatic carbocycles. The van der Waals surface area contributed by atoms with Crippen LogP contribution in [0.5, 0.6) is 0 Å². The van der Waals surface area contributed by atoms with Crippen LogP contribution in [0.4, 0.5) is 0 Å². The Kier molecular flexibility index (Phi) is 5.32. The molecule has 1 aromatic rings. The Balaban J connectivity index is 2.62. The number of halogens is 1. The highest BCUT2D eigenvalue weighted by atomic mass is 79.9. The van der Waals surface area contributed by atoms with Crippen molar-refractivity contribution in [2.24, 2.45) is 5.92 Å². The fourth-order valence-electron chi connectivity index (χ4n) is 1.35. The minimum atomic E-state index is 0.599. The van der Waals surface area contributed by atoms with Crippen LogP contribution >= 0.6 is 15.9 Å². The van der Waals surface area contributed by atoms with Crippen molar-refractivity contribution in [2.75, 3.05) is 6.61 Å². The van der Waals surface area contributed by atoms with Crippen molar-refractivity contribution >= 4 is 15.9 Å². The first-order valence-corrected chi connectivity index (χ1v) is 6.22. The van der Waals surface area contributed by atoms with Crippen LogP contribution in [0.3, 0.4) is 0 Å². The first-order chi connectivity index (χ1) is 7.15. The molecule has 0 aliphatic rings. The monoisotopic (exact) mass is 274 g/mol. The van der Waals surface area contributed by atoms with Gasteiger partial charge in [-0.05, 0) is 28.3 Å². The second-order valence-electron chi connectivity index (χ2n) is 4.07. The van der Waals surface area contributed by atoms with E-state index in [0.717, 1.165) is 29.7 Å². The van der Waals surface area contributed by atoms with Crippen LogP contribution in [0.15, 0.2) is 10.7 Å². The number of rotatable bonds is 6. The van der Waals surface area contributed by atoms with Crippen molar-refractivity contribution < 1.29 is 4.74 Å². The van der Waals surface area contributed by atoms with Gasteiger partial charge in [0, 0.05) is 13.2 Å². The van der Waals surface area contributed by atoms with E-state index < -0.39 is 0 Å². The molecular weight excluding hydrogens is 256 g/mol. The molecule has 0 saturated carbocycles. The van der Waals surface area contributed by atoms with Gasteiger partial charge in [-0.1, -0.05) is 20.8 Å². The minimum absolute atomic E-state index is 0.599. The first-order valence-electron chi connectivity index (χ1n) is 5.43. The second kappa shape index (κ2) is 6.28. The molecule has 0 atom stereocenters. The zero-order valence-corrected chi connectivity index (χ0v) is 11.2. The summed E-state index contributed by atoms with van der Waals surface area (Å²) in [5, 5.41) is 4.32. The molecule has 0 spiro atoms. The SMILES string of the molecule is CCCOCc1c(Br)cnn1CC(C)C. The quantitative estimate of drug-likeness (QED) is 0.745.